The summed E-state index contributed by atoms with van der Waals surface area (Å²) in [4.78, 5) is 17.5. The van der Waals surface area contributed by atoms with Crippen LogP contribution in [0.25, 0.3) is 0 Å². The molecule has 36 heavy (non-hydrogen) atoms. The Bertz CT molecular complexity index is 1230. The Kier molecular flexibility index (Phi) is 8.10. The first-order chi connectivity index (χ1) is 17.5. The molecule has 1 unspecified atom stereocenters. The van der Waals surface area contributed by atoms with E-state index in [-0.39, 0.29) is 11.9 Å². The van der Waals surface area contributed by atoms with Gasteiger partial charge in [-0.2, -0.15) is 0 Å². The van der Waals surface area contributed by atoms with Crippen molar-refractivity contribution in [3.05, 3.63) is 81.9 Å². The maximum Gasteiger partial charge on any atom is 0.338 e. The van der Waals surface area contributed by atoms with E-state index in [1.54, 1.807) is 0 Å². The zero-order chi connectivity index (χ0) is 25.8. The summed E-state index contributed by atoms with van der Waals surface area (Å²) in [5, 5.41) is 0.622. The van der Waals surface area contributed by atoms with E-state index in [1.165, 1.54) is 0 Å². The van der Waals surface area contributed by atoms with E-state index in [4.69, 9.17) is 21.1 Å². The summed E-state index contributed by atoms with van der Waals surface area (Å²) >= 11 is 7.01. The highest BCUT2D eigenvalue weighted by Gasteiger charge is 2.34. The summed E-state index contributed by atoms with van der Waals surface area (Å²) in [7, 11) is 0. The van der Waals surface area contributed by atoms with E-state index in [0.717, 1.165) is 65.7 Å². The van der Waals surface area contributed by atoms with Gasteiger partial charge in [0.2, 0.25) is 0 Å². The van der Waals surface area contributed by atoms with Crippen molar-refractivity contribution in [2.75, 3.05) is 42.6 Å². The second kappa shape index (κ2) is 11.3. The maximum absolute atomic E-state index is 13.0. The molecule has 1 aliphatic rings. The van der Waals surface area contributed by atoms with Gasteiger partial charge >= 0.3 is 5.97 Å². The second-order valence-corrected chi connectivity index (χ2v) is 9.16. The number of esters is 1. The Morgan fingerprint density at radius 2 is 1.47 bits per heavy atom. The van der Waals surface area contributed by atoms with Crippen molar-refractivity contribution in [1.29, 1.82) is 0 Å². The molecule has 190 valence electrons. The SMILES string of the molecule is CCOC(=O)c1ccccc1C1c2ccc(N(CC)CC)cc2Oc2cc(N(CC)CC)cc(Cl)c21. The van der Waals surface area contributed by atoms with E-state index >= 15 is 0 Å². The molecule has 0 saturated heterocycles. The molecule has 4 rings (SSSR count). The lowest BCUT2D eigenvalue weighted by molar-refractivity contribution is 0.0525. The number of hydrogen-bond donors (Lipinski definition) is 0. The molecule has 0 aromatic heterocycles. The highest BCUT2D eigenvalue weighted by molar-refractivity contribution is 6.32. The first-order valence-corrected chi connectivity index (χ1v) is 13.3. The number of halogens is 1. The van der Waals surface area contributed by atoms with Crippen LogP contribution in [0.5, 0.6) is 11.5 Å². The third-order valence-electron chi connectivity index (χ3n) is 6.92. The highest BCUT2D eigenvalue weighted by Crippen LogP contribution is 2.52. The maximum atomic E-state index is 13.0. The Morgan fingerprint density at radius 3 is 2.14 bits per heavy atom. The minimum atomic E-state index is -0.335. The number of carbonyl (C=O) groups excluding carboxylic acids is 1. The van der Waals surface area contributed by atoms with E-state index in [2.05, 4.69) is 61.8 Å². The number of anilines is 2. The number of carbonyl (C=O) groups is 1. The van der Waals surface area contributed by atoms with Gasteiger partial charge in [0.25, 0.3) is 0 Å². The first kappa shape index (κ1) is 25.9. The topological polar surface area (TPSA) is 42.0 Å². The largest absolute Gasteiger partial charge is 0.462 e. The predicted octanol–water partition coefficient (Wildman–Crippen LogP) is 7.50. The van der Waals surface area contributed by atoms with Crippen LogP contribution in [0.3, 0.4) is 0 Å². The van der Waals surface area contributed by atoms with E-state index in [0.29, 0.717) is 17.2 Å². The fraction of sp³-hybridized carbons (Fsp3) is 0.367. The smallest absolute Gasteiger partial charge is 0.338 e. The molecule has 6 heteroatoms. The molecule has 0 aliphatic carbocycles. The van der Waals surface area contributed by atoms with Gasteiger partial charge in [-0.15, -0.1) is 0 Å². The number of ether oxygens (including phenoxy) is 2. The zero-order valence-corrected chi connectivity index (χ0v) is 22.6. The van der Waals surface area contributed by atoms with Gasteiger partial charge in [-0.1, -0.05) is 35.9 Å². The summed E-state index contributed by atoms with van der Waals surface area (Å²) in [6.07, 6.45) is 0. The lowest BCUT2D eigenvalue weighted by atomic mass is 9.80. The van der Waals surface area contributed by atoms with Crippen LogP contribution in [0, 0.1) is 0 Å². The monoisotopic (exact) mass is 506 g/mol. The molecule has 1 atom stereocenters. The number of rotatable bonds is 9. The quantitative estimate of drug-likeness (QED) is 0.220. The minimum absolute atomic E-state index is 0.270. The molecule has 3 aromatic carbocycles. The van der Waals surface area contributed by atoms with Crippen LogP contribution in [0.4, 0.5) is 11.4 Å². The van der Waals surface area contributed by atoms with Crippen molar-refractivity contribution in [3.63, 3.8) is 0 Å². The third kappa shape index (κ3) is 4.77. The first-order valence-electron chi connectivity index (χ1n) is 12.9. The Morgan fingerprint density at radius 1 is 0.833 bits per heavy atom. The van der Waals surface area contributed by atoms with Gasteiger partial charge in [0, 0.05) is 66.7 Å². The summed E-state index contributed by atoms with van der Waals surface area (Å²) in [6.45, 7) is 14.2. The molecule has 0 amide bonds. The van der Waals surface area contributed by atoms with Gasteiger partial charge in [0.1, 0.15) is 11.5 Å². The molecule has 0 saturated carbocycles. The van der Waals surface area contributed by atoms with E-state index < -0.39 is 0 Å². The Hall–Kier alpha value is -3.18. The van der Waals surface area contributed by atoms with Gasteiger partial charge in [-0.3, -0.25) is 0 Å². The average molecular weight is 507 g/mol. The molecule has 0 bridgehead atoms. The van der Waals surface area contributed by atoms with Crippen molar-refractivity contribution in [1.82, 2.24) is 0 Å². The number of hydrogen-bond acceptors (Lipinski definition) is 5. The molecular weight excluding hydrogens is 472 g/mol. The Balaban J connectivity index is 1.96. The van der Waals surface area contributed by atoms with Crippen LogP contribution in [0.2, 0.25) is 5.02 Å². The lowest BCUT2D eigenvalue weighted by Crippen LogP contribution is -2.23. The highest BCUT2D eigenvalue weighted by atomic mass is 35.5. The molecule has 3 aromatic rings. The zero-order valence-electron chi connectivity index (χ0n) is 21.8. The minimum Gasteiger partial charge on any atom is -0.462 e. The molecule has 0 N–H and O–H groups in total. The van der Waals surface area contributed by atoms with Crippen molar-refractivity contribution in [2.45, 2.75) is 40.5 Å². The number of fused-ring (bicyclic) bond motifs is 2. The lowest BCUT2D eigenvalue weighted by Gasteiger charge is -2.33. The van der Waals surface area contributed by atoms with Gasteiger partial charge in [0.05, 0.1) is 17.2 Å². The van der Waals surface area contributed by atoms with Crippen LogP contribution in [0.15, 0.2) is 54.6 Å². The second-order valence-electron chi connectivity index (χ2n) is 8.75. The van der Waals surface area contributed by atoms with Gasteiger partial charge in [0.15, 0.2) is 0 Å². The van der Waals surface area contributed by atoms with Gasteiger partial charge in [-0.05, 0) is 58.4 Å². The summed E-state index contributed by atoms with van der Waals surface area (Å²) in [5.41, 5.74) is 5.37. The van der Waals surface area contributed by atoms with Crippen LogP contribution < -0.4 is 14.5 Å². The van der Waals surface area contributed by atoms with Gasteiger partial charge in [-0.25, -0.2) is 4.79 Å². The van der Waals surface area contributed by atoms with Crippen molar-refractivity contribution >= 4 is 28.9 Å². The van der Waals surface area contributed by atoms with Crippen LogP contribution in [-0.2, 0) is 4.74 Å². The van der Waals surface area contributed by atoms with Crippen molar-refractivity contribution < 1.29 is 14.3 Å². The number of nitrogens with zero attached hydrogens (tertiary/aromatic N) is 2. The van der Waals surface area contributed by atoms with Gasteiger partial charge < -0.3 is 19.3 Å². The molecule has 0 radical (unpaired) electrons. The predicted molar refractivity (Wildman–Crippen MR) is 148 cm³/mol. The molecule has 1 heterocycles. The standard InChI is InChI=1S/C30H35ClN2O3/c1-6-32(7-2)20-15-16-24-26(18-20)36-27-19-21(33(8-3)9-4)17-25(31)29(27)28(24)22-13-11-12-14-23(22)30(34)35-10-5/h11-19,28H,6-10H2,1-5H3. The fourth-order valence-electron chi connectivity index (χ4n) is 5.09. The number of benzene rings is 3. The third-order valence-corrected chi connectivity index (χ3v) is 7.23. The molecular formula is C30H35ClN2O3. The van der Waals surface area contributed by atoms with E-state index in [9.17, 15) is 4.79 Å². The Labute approximate surface area is 219 Å². The van der Waals surface area contributed by atoms with Crippen LogP contribution >= 0.6 is 11.6 Å². The summed E-state index contributed by atoms with van der Waals surface area (Å²) in [5.74, 6) is 0.896. The molecule has 0 spiro atoms. The average Bonchev–Trinajstić information content (AvgIpc) is 2.89. The fourth-order valence-corrected chi connectivity index (χ4v) is 5.40. The van der Waals surface area contributed by atoms with Crippen LogP contribution in [0.1, 0.15) is 67.6 Å². The summed E-state index contributed by atoms with van der Waals surface area (Å²) < 4.78 is 12.0. The summed E-state index contributed by atoms with van der Waals surface area (Å²) in [6, 6.07) is 18.0. The molecule has 1 aliphatic heterocycles. The van der Waals surface area contributed by atoms with Crippen LogP contribution in [-0.4, -0.2) is 38.8 Å². The van der Waals surface area contributed by atoms with E-state index in [1.807, 2.05) is 37.3 Å². The van der Waals surface area contributed by atoms with Crippen molar-refractivity contribution in [3.8, 4) is 11.5 Å². The molecule has 0 fully saturated rings. The molecule has 5 nitrogen and oxygen atoms in total. The normalized spacial score (nSPS) is 13.9. The van der Waals surface area contributed by atoms with Crippen molar-refractivity contribution in [2.24, 2.45) is 0 Å².